The van der Waals surface area contributed by atoms with E-state index in [4.69, 9.17) is 4.74 Å². The Kier molecular flexibility index (Phi) is 6.62. The fourth-order valence-corrected chi connectivity index (χ4v) is 4.90. The van der Waals surface area contributed by atoms with Crippen molar-refractivity contribution in [2.24, 2.45) is 0 Å². The Morgan fingerprint density at radius 3 is 2.76 bits per heavy atom. The number of thioether (sulfide) groups is 1. The van der Waals surface area contributed by atoms with E-state index in [9.17, 15) is 4.79 Å². The number of hydrogen-bond donors (Lipinski definition) is 1. The number of carbonyl (C=O) groups excluding carboxylic acids is 1. The van der Waals surface area contributed by atoms with Crippen molar-refractivity contribution >= 4 is 17.7 Å². The van der Waals surface area contributed by atoms with Crippen LogP contribution in [0.15, 0.2) is 24.3 Å². The second kappa shape index (κ2) is 8.92. The number of methoxy groups -OCH3 is 1. The molecule has 5 nitrogen and oxygen atoms in total. The molecule has 6 heteroatoms. The van der Waals surface area contributed by atoms with E-state index in [0.29, 0.717) is 6.54 Å². The zero-order valence-electron chi connectivity index (χ0n) is 15.2. The summed E-state index contributed by atoms with van der Waals surface area (Å²) < 4.78 is 5.35. The summed E-state index contributed by atoms with van der Waals surface area (Å²) in [6.07, 6.45) is 1.32. The second-order valence-electron chi connectivity index (χ2n) is 6.79. The van der Waals surface area contributed by atoms with Crippen molar-refractivity contribution in [3.63, 3.8) is 0 Å². The molecule has 0 saturated carbocycles. The number of nitrogens with zero attached hydrogens (tertiary/aromatic N) is 2. The molecule has 2 aliphatic rings. The van der Waals surface area contributed by atoms with Gasteiger partial charge in [0, 0.05) is 50.1 Å². The van der Waals surface area contributed by atoms with E-state index in [2.05, 4.69) is 26.9 Å². The first kappa shape index (κ1) is 18.5. The topological polar surface area (TPSA) is 44.8 Å². The molecule has 2 aliphatic heterocycles. The van der Waals surface area contributed by atoms with Gasteiger partial charge in [-0.05, 0) is 25.2 Å². The predicted octanol–water partition coefficient (Wildman–Crippen LogP) is 1.82. The molecule has 1 amide bonds. The SMILES string of the molecule is COc1ccccc1CNC(=O)[C@H](C)N1CCN([C@H]2CCSC2)CC1. The Morgan fingerprint density at radius 1 is 1.32 bits per heavy atom. The zero-order chi connectivity index (χ0) is 17.6. The molecule has 0 aliphatic carbocycles. The number of nitrogens with one attached hydrogen (secondary N) is 1. The number of amides is 1. The first-order chi connectivity index (χ1) is 12.2. The molecule has 0 spiro atoms. The number of rotatable bonds is 6. The Bertz CT molecular complexity index is 570. The van der Waals surface area contributed by atoms with Crippen LogP contribution in [0, 0.1) is 0 Å². The van der Waals surface area contributed by atoms with Gasteiger partial charge in [-0.2, -0.15) is 11.8 Å². The lowest BCUT2D eigenvalue weighted by Crippen LogP contribution is -2.55. The molecule has 25 heavy (non-hydrogen) atoms. The van der Waals surface area contributed by atoms with Gasteiger partial charge in [-0.3, -0.25) is 14.6 Å². The van der Waals surface area contributed by atoms with Crippen LogP contribution in [0.1, 0.15) is 18.9 Å². The summed E-state index contributed by atoms with van der Waals surface area (Å²) in [7, 11) is 1.66. The molecular formula is C19H29N3O2S. The summed E-state index contributed by atoms with van der Waals surface area (Å²) in [6.45, 7) is 6.63. The number of hydrogen-bond acceptors (Lipinski definition) is 5. The van der Waals surface area contributed by atoms with Gasteiger partial charge in [0.25, 0.3) is 0 Å². The minimum atomic E-state index is -0.0881. The Morgan fingerprint density at radius 2 is 2.08 bits per heavy atom. The second-order valence-corrected chi connectivity index (χ2v) is 7.94. The highest BCUT2D eigenvalue weighted by atomic mass is 32.2. The monoisotopic (exact) mass is 363 g/mol. The molecule has 1 aromatic carbocycles. The van der Waals surface area contributed by atoms with Crippen LogP contribution in [0.4, 0.5) is 0 Å². The molecule has 3 rings (SSSR count). The highest BCUT2D eigenvalue weighted by Crippen LogP contribution is 2.23. The van der Waals surface area contributed by atoms with Crippen LogP contribution in [0.2, 0.25) is 0 Å². The summed E-state index contributed by atoms with van der Waals surface area (Å²) in [5.41, 5.74) is 1.01. The summed E-state index contributed by atoms with van der Waals surface area (Å²) in [4.78, 5) is 17.5. The first-order valence-corrected chi connectivity index (χ1v) is 10.3. The average Bonchev–Trinajstić information content (AvgIpc) is 3.20. The molecule has 0 bridgehead atoms. The maximum atomic E-state index is 12.5. The van der Waals surface area contributed by atoms with Crippen LogP contribution in [0.3, 0.4) is 0 Å². The summed E-state index contributed by atoms with van der Waals surface area (Å²) in [5, 5.41) is 3.06. The molecule has 138 valence electrons. The van der Waals surface area contributed by atoms with E-state index < -0.39 is 0 Å². The number of piperazine rings is 1. The molecule has 1 N–H and O–H groups in total. The van der Waals surface area contributed by atoms with Crippen molar-refractivity contribution in [2.75, 3.05) is 44.8 Å². The standard InChI is InChI=1S/C19H29N3O2S/c1-15(19(23)20-13-16-5-3-4-6-18(16)24-2)21-8-10-22(11-9-21)17-7-12-25-14-17/h3-6,15,17H,7-14H2,1-2H3,(H,20,23)/t15-,17-/m0/s1. The number of carbonyl (C=O) groups is 1. The third-order valence-electron chi connectivity index (χ3n) is 5.34. The van der Waals surface area contributed by atoms with Gasteiger partial charge in [-0.25, -0.2) is 0 Å². The molecule has 0 aromatic heterocycles. The van der Waals surface area contributed by atoms with Gasteiger partial charge in [0.2, 0.25) is 5.91 Å². The van der Waals surface area contributed by atoms with Crippen molar-refractivity contribution < 1.29 is 9.53 Å². The third-order valence-corrected chi connectivity index (χ3v) is 6.49. The van der Waals surface area contributed by atoms with Gasteiger partial charge in [-0.1, -0.05) is 18.2 Å². The summed E-state index contributed by atoms with van der Waals surface area (Å²) in [5.74, 6) is 3.48. The van der Waals surface area contributed by atoms with Crippen LogP contribution >= 0.6 is 11.8 Å². The molecule has 1 aromatic rings. The minimum Gasteiger partial charge on any atom is -0.496 e. The largest absolute Gasteiger partial charge is 0.496 e. The predicted molar refractivity (Wildman–Crippen MR) is 103 cm³/mol. The van der Waals surface area contributed by atoms with Crippen LogP contribution in [0.5, 0.6) is 5.75 Å². The molecule has 2 saturated heterocycles. The molecule has 2 atom stereocenters. The quantitative estimate of drug-likeness (QED) is 0.835. The van der Waals surface area contributed by atoms with E-state index in [1.165, 1.54) is 17.9 Å². The normalized spacial score (nSPS) is 23.4. The fourth-order valence-electron chi connectivity index (χ4n) is 3.64. The maximum Gasteiger partial charge on any atom is 0.237 e. The van der Waals surface area contributed by atoms with E-state index in [-0.39, 0.29) is 11.9 Å². The number of ether oxygens (including phenoxy) is 1. The van der Waals surface area contributed by atoms with Crippen molar-refractivity contribution in [2.45, 2.75) is 32.0 Å². The van der Waals surface area contributed by atoms with Crippen LogP contribution in [0.25, 0.3) is 0 Å². The highest BCUT2D eigenvalue weighted by molar-refractivity contribution is 7.99. The van der Waals surface area contributed by atoms with Gasteiger partial charge in [-0.15, -0.1) is 0 Å². The highest BCUT2D eigenvalue weighted by Gasteiger charge is 2.29. The fraction of sp³-hybridized carbons (Fsp3) is 0.632. The third kappa shape index (κ3) is 4.68. The van der Waals surface area contributed by atoms with Crippen molar-refractivity contribution in [1.29, 1.82) is 0 Å². The van der Waals surface area contributed by atoms with Gasteiger partial charge in [0.1, 0.15) is 5.75 Å². The summed E-state index contributed by atoms with van der Waals surface area (Å²) in [6, 6.07) is 8.48. The molecule has 0 radical (unpaired) electrons. The zero-order valence-corrected chi connectivity index (χ0v) is 16.1. The molecule has 2 fully saturated rings. The number of para-hydroxylation sites is 1. The van der Waals surface area contributed by atoms with Crippen LogP contribution in [-0.4, -0.2) is 72.6 Å². The van der Waals surface area contributed by atoms with Gasteiger partial charge in [0.15, 0.2) is 0 Å². The van der Waals surface area contributed by atoms with Gasteiger partial charge < -0.3 is 10.1 Å². The van der Waals surface area contributed by atoms with E-state index in [1.54, 1.807) is 7.11 Å². The van der Waals surface area contributed by atoms with Crippen molar-refractivity contribution in [3.8, 4) is 5.75 Å². The molecule has 2 heterocycles. The van der Waals surface area contributed by atoms with Crippen LogP contribution in [-0.2, 0) is 11.3 Å². The van der Waals surface area contributed by atoms with E-state index in [0.717, 1.165) is 43.5 Å². The van der Waals surface area contributed by atoms with Gasteiger partial charge >= 0.3 is 0 Å². The van der Waals surface area contributed by atoms with E-state index >= 15 is 0 Å². The number of benzene rings is 1. The minimum absolute atomic E-state index is 0.0881. The molecule has 0 unspecified atom stereocenters. The smallest absolute Gasteiger partial charge is 0.237 e. The maximum absolute atomic E-state index is 12.5. The average molecular weight is 364 g/mol. The lowest BCUT2D eigenvalue weighted by Gasteiger charge is -2.39. The Labute approximate surface area is 155 Å². The Balaban J connectivity index is 1.46. The van der Waals surface area contributed by atoms with Gasteiger partial charge in [0.05, 0.1) is 13.2 Å². The lowest BCUT2D eigenvalue weighted by molar-refractivity contribution is -0.126. The van der Waals surface area contributed by atoms with E-state index in [1.807, 2.05) is 31.2 Å². The van der Waals surface area contributed by atoms with Crippen LogP contribution < -0.4 is 10.1 Å². The summed E-state index contributed by atoms with van der Waals surface area (Å²) >= 11 is 2.07. The van der Waals surface area contributed by atoms with Crippen molar-refractivity contribution in [3.05, 3.63) is 29.8 Å². The lowest BCUT2D eigenvalue weighted by atomic mass is 10.1. The first-order valence-electron chi connectivity index (χ1n) is 9.14. The molecular weight excluding hydrogens is 334 g/mol. The van der Waals surface area contributed by atoms with Crippen molar-refractivity contribution in [1.82, 2.24) is 15.1 Å². The Hall–Kier alpha value is -1.24.